The number of hydrogen-bond donors (Lipinski definition) is 1. The lowest BCUT2D eigenvalue weighted by Crippen LogP contribution is -2.41. The van der Waals surface area contributed by atoms with Crippen LogP contribution in [0.1, 0.15) is 34.0 Å². The number of fused-ring (bicyclic) bond motifs is 1. The molecule has 1 saturated heterocycles. The number of ketones is 1. The van der Waals surface area contributed by atoms with Crippen LogP contribution in [-0.2, 0) is 10.3 Å². The Morgan fingerprint density at radius 2 is 1.71 bits per heavy atom. The van der Waals surface area contributed by atoms with Gasteiger partial charge in [0.05, 0.1) is 13.7 Å². The molecule has 0 radical (unpaired) electrons. The number of methoxy groups -OCH3 is 1. The molecule has 1 aliphatic rings. The first-order chi connectivity index (χ1) is 14.7. The van der Waals surface area contributed by atoms with Crippen LogP contribution in [-0.4, -0.2) is 36.3 Å². The van der Waals surface area contributed by atoms with E-state index >= 15 is 0 Å². The number of carbonyl (C=O) groups excluding carboxylic acids is 3. The molecule has 0 bridgehead atoms. The quantitative estimate of drug-likeness (QED) is 0.502. The molecule has 4 rings (SSSR count). The fraction of sp³-hybridized carbons (Fsp3) is 0.240. The molecule has 1 heterocycles. The molecule has 6 heteroatoms. The summed E-state index contributed by atoms with van der Waals surface area (Å²) in [6.07, 6.45) is 0. The second-order valence-electron chi connectivity index (χ2n) is 8.12. The van der Waals surface area contributed by atoms with Gasteiger partial charge in [-0.15, -0.1) is 0 Å². The summed E-state index contributed by atoms with van der Waals surface area (Å²) in [4.78, 5) is 39.8. The minimum absolute atomic E-state index is 0.264. The molecule has 3 amide bonds. The van der Waals surface area contributed by atoms with Crippen molar-refractivity contribution >= 4 is 28.5 Å². The van der Waals surface area contributed by atoms with Gasteiger partial charge < -0.3 is 10.1 Å². The summed E-state index contributed by atoms with van der Waals surface area (Å²) in [5, 5.41) is 4.66. The topological polar surface area (TPSA) is 75.7 Å². The van der Waals surface area contributed by atoms with Crippen LogP contribution in [0.3, 0.4) is 0 Å². The lowest BCUT2D eigenvalue weighted by molar-refractivity contribution is -0.130. The largest absolute Gasteiger partial charge is 0.497 e. The van der Waals surface area contributed by atoms with E-state index in [9.17, 15) is 14.4 Å². The van der Waals surface area contributed by atoms with Crippen LogP contribution in [0.25, 0.3) is 10.8 Å². The molecule has 1 atom stereocenters. The van der Waals surface area contributed by atoms with Gasteiger partial charge in [-0.05, 0) is 66.9 Å². The maximum Gasteiger partial charge on any atom is 0.325 e. The van der Waals surface area contributed by atoms with Crippen molar-refractivity contribution in [3.8, 4) is 5.75 Å². The van der Waals surface area contributed by atoms with Gasteiger partial charge in [0.15, 0.2) is 5.78 Å². The van der Waals surface area contributed by atoms with E-state index in [1.54, 1.807) is 20.1 Å². The third kappa shape index (κ3) is 3.54. The van der Waals surface area contributed by atoms with Crippen LogP contribution in [0.5, 0.6) is 5.75 Å². The molecular formula is C25H24N2O4. The Morgan fingerprint density at radius 3 is 2.45 bits per heavy atom. The number of ether oxygens (including phenoxy) is 1. The van der Waals surface area contributed by atoms with Gasteiger partial charge in [0, 0.05) is 5.56 Å². The molecular weight excluding hydrogens is 392 g/mol. The zero-order valence-corrected chi connectivity index (χ0v) is 18.0. The Morgan fingerprint density at radius 1 is 1.00 bits per heavy atom. The van der Waals surface area contributed by atoms with Gasteiger partial charge >= 0.3 is 6.03 Å². The highest BCUT2D eigenvalue weighted by molar-refractivity contribution is 6.11. The number of rotatable bonds is 5. The number of carbonyl (C=O) groups is 3. The number of nitrogens with one attached hydrogen (secondary N) is 1. The number of aryl methyl sites for hydroxylation is 2. The standard InChI is InChI=1S/C25H24N2O4/c1-15-5-6-16(2)21(11-15)22(28)14-27-23(29)25(3,26-24(27)30)19-9-7-18-13-20(31-4)10-8-17(18)12-19/h5-13H,14H2,1-4H3,(H,26,30)/t25-/m0/s1. The maximum atomic E-state index is 13.3. The van der Waals surface area contributed by atoms with Crippen LogP contribution >= 0.6 is 0 Å². The van der Waals surface area contributed by atoms with Crippen molar-refractivity contribution < 1.29 is 19.1 Å². The summed E-state index contributed by atoms with van der Waals surface area (Å²) in [5.74, 6) is 0.0383. The molecule has 3 aromatic rings. The SMILES string of the molecule is COc1ccc2cc([C@]3(C)NC(=O)N(CC(=O)c4cc(C)ccc4C)C3=O)ccc2c1. The maximum absolute atomic E-state index is 13.3. The lowest BCUT2D eigenvalue weighted by atomic mass is 9.90. The van der Waals surface area contributed by atoms with Gasteiger partial charge in [-0.3, -0.25) is 14.5 Å². The zero-order chi connectivity index (χ0) is 22.3. The van der Waals surface area contributed by atoms with E-state index < -0.39 is 17.5 Å². The molecule has 1 fully saturated rings. The van der Waals surface area contributed by atoms with Crippen LogP contribution in [0.15, 0.2) is 54.6 Å². The average molecular weight is 416 g/mol. The second kappa shape index (κ2) is 7.54. The van der Waals surface area contributed by atoms with Gasteiger partial charge in [0.2, 0.25) is 0 Å². The van der Waals surface area contributed by atoms with Gasteiger partial charge in [-0.25, -0.2) is 4.79 Å². The fourth-order valence-electron chi connectivity index (χ4n) is 3.96. The summed E-state index contributed by atoms with van der Waals surface area (Å²) < 4.78 is 5.26. The minimum atomic E-state index is -1.24. The molecule has 6 nitrogen and oxygen atoms in total. The third-order valence-electron chi connectivity index (χ3n) is 5.89. The highest BCUT2D eigenvalue weighted by atomic mass is 16.5. The number of hydrogen-bond acceptors (Lipinski definition) is 4. The van der Waals surface area contributed by atoms with E-state index in [0.29, 0.717) is 11.1 Å². The Hall–Kier alpha value is -3.67. The molecule has 1 aliphatic heterocycles. The first kappa shape index (κ1) is 20.6. The van der Waals surface area contributed by atoms with E-state index in [2.05, 4.69) is 5.32 Å². The van der Waals surface area contributed by atoms with E-state index in [1.165, 1.54) is 0 Å². The van der Waals surface area contributed by atoms with Crippen molar-refractivity contribution in [2.24, 2.45) is 0 Å². The summed E-state index contributed by atoms with van der Waals surface area (Å²) in [6.45, 7) is 5.11. The first-order valence-electron chi connectivity index (χ1n) is 10.1. The summed E-state index contributed by atoms with van der Waals surface area (Å²) in [5.41, 5.74) is 1.70. The van der Waals surface area contributed by atoms with Crippen LogP contribution < -0.4 is 10.1 Å². The van der Waals surface area contributed by atoms with Crippen LogP contribution in [0.2, 0.25) is 0 Å². The third-order valence-corrected chi connectivity index (χ3v) is 5.89. The average Bonchev–Trinajstić information content (AvgIpc) is 2.98. The molecule has 0 aromatic heterocycles. The number of benzene rings is 3. The van der Waals surface area contributed by atoms with Crippen LogP contribution in [0.4, 0.5) is 4.79 Å². The van der Waals surface area contributed by atoms with E-state index in [4.69, 9.17) is 4.74 Å². The van der Waals surface area contributed by atoms with Gasteiger partial charge in [-0.2, -0.15) is 0 Å². The van der Waals surface area contributed by atoms with Gasteiger partial charge in [-0.1, -0.05) is 35.9 Å². The summed E-state index contributed by atoms with van der Waals surface area (Å²) >= 11 is 0. The first-order valence-corrected chi connectivity index (χ1v) is 10.1. The fourth-order valence-corrected chi connectivity index (χ4v) is 3.96. The van der Waals surface area contributed by atoms with Gasteiger partial charge in [0.1, 0.15) is 11.3 Å². The second-order valence-corrected chi connectivity index (χ2v) is 8.12. The number of amides is 3. The zero-order valence-electron chi connectivity index (χ0n) is 18.0. The Bertz CT molecular complexity index is 1230. The van der Waals surface area contributed by atoms with Crippen molar-refractivity contribution in [2.45, 2.75) is 26.3 Å². The van der Waals surface area contributed by atoms with E-state index in [-0.39, 0.29) is 12.3 Å². The normalized spacial score (nSPS) is 18.4. The number of nitrogens with zero attached hydrogens (tertiary/aromatic N) is 1. The lowest BCUT2D eigenvalue weighted by Gasteiger charge is -2.23. The number of urea groups is 1. The highest BCUT2D eigenvalue weighted by Gasteiger charge is 2.49. The molecule has 0 unspecified atom stereocenters. The molecule has 0 saturated carbocycles. The van der Waals surface area contributed by atoms with Crippen molar-refractivity contribution in [1.82, 2.24) is 10.2 Å². The minimum Gasteiger partial charge on any atom is -0.497 e. The Labute approximate surface area is 180 Å². The van der Waals surface area contributed by atoms with Crippen molar-refractivity contribution in [3.63, 3.8) is 0 Å². The molecule has 158 valence electrons. The van der Waals surface area contributed by atoms with E-state index in [1.807, 2.05) is 62.4 Å². The molecule has 0 aliphatic carbocycles. The monoisotopic (exact) mass is 416 g/mol. The number of imide groups is 1. The van der Waals surface area contributed by atoms with E-state index in [0.717, 1.165) is 32.5 Å². The Balaban J connectivity index is 1.63. The van der Waals surface area contributed by atoms with Crippen molar-refractivity contribution in [3.05, 3.63) is 76.9 Å². The van der Waals surface area contributed by atoms with Crippen molar-refractivity contribution in [1.29, 1.82) is 0 Å². The van der Waals surface area contributed by atoms with Crippen molar-refractivity contribution in [2.75, 3.05) is 13.7 Å². The molecule has 1 N–H and O–H groups in total. The predicted molar refractivity (Wildman–Crippen MR) is 118 cm³/mol. The molecule has 3 aromatic carbocycles. The summed E-state index contributed by atoms with van der Waals surface area (Å²) in [7, 11) is 1.61. The Kier molecular flexibility index (Phi) is 5.01. The predicted octanol–water partition coefficient (Wildman–Crippen LogP) is 4.12. The highest BCUT2D eigenvalue weighted by Crippen LogP contribution is 2.32. The van der Waals surface area contributed by atoms with Gasteiger partial charge in [0.25, 0.3) is 5.91 Å². The molecule has 0 spiro atoms. The van der Waals surface area contributed by atoms with Crippen LogP contribution in [0, 0.1) is 13.8 Å². The summed E-state index contributed by atoms with van der Waals surface area (Å²) in [6, 6.07) is 16.2. The number of Topliss-reactive ketones (excluding diaryl/α,β-unsaturated/α-hetero) is 1. The smallest absolute Gasteiger partial charge is 0.325 e. The molecule has 31 heavy (non-hydrogen) atoms.